The van der Waals surface area contributed by atoms with Gasteiger partial charge in [0.15, 0.2) is 11.6 Å². The number of nitrogens with one attached hydrogen (secondary N) is 2. The number of benzene rings is 1. The lowest BCUT2D eigenvalue weighted by molar-refractivity contribution is 0.0892. The number of rotatable bonds is 2. The molecule has 1 aliphatic rings. The number of halogens is 2. The standard InChI is InChI=1S/C14H18F2N2O/c1-8-6-7-17-9(2)13(8)18-14(19)10-4-3-5-11(15)12(10)16/h3-5,8-9,13,17H,6-7H2,1-2H3,(H,18,19). The van der Waals surface area contributed by atoms with Gasteiger partial charge in [-0.3, -0.25) is 4.79 Å². The van der Waals surface area contributed by atoms with Crippen LogP contribution in [-0.4, -0.2) is 24.5 Å². The summed E-state index contributed by atoms with van der Waals surface area (Å²) in [6, 6.07) is 3.66. The quantitative estimate of drug-likeness (QED) is 0.862. The Labute approximate surface area is 111 Å². The first-order valence-electron chi connectivity index (χ1n) is 6.49. The lowest BCUT2D eigenvalue weighted by Crippen LogP contribution is -2.56. The van der Waals surface area contributed by atoms with Crippen LogP contribution in [0.1, 0.15) is 30.6 Å². The topological polar surface area (TPSA) is 41.1 Å². The minimum absolute atomic E-state index is 0.0797. The summed E-state index contributed by atoms with van der Waals surface area (Å²) in [4.78, 5) is 12.0. The Morgan fingerprint density at radius 2 is 2.11 bits per heavy atom. The molecule has 1 aliphatic heterocycles. The van der Waals surface area contributed by atoms with E-state index in [-0.39, 0.29) is 17.6 Å². The molecule has 1 aromatic rings. The van der Waals surface area contributed by atoms with Crippen LogP contribution >= 0.6 is 0 Å². The Hall–Kier alpha value is -1.49. The van der Waals surface area contributed by atoms with Gasteiger partial charge in [-0.05, 0) is 37.9 Å². The van der Waals surface area contributed by atoms with Gasteiger partial charge < -0.3 is 10.6 Å². The van der Waals surface area contributed by atoms with E-state index >= 15 is 0 Å². The van der Waals surface area contributed by atoms with Gasteiger partial charge in [-0.25, -0.2) is 8.78 Å². The second-order valence-electron chi connectivity index (χ2n) is 5.11. The second kappa shape index (κ2) is 5.65. The van der Waals surface area contributed by atoms with E-state index < -0.39 is 17.5 Å². The fourth-order valence-corrected chi connectivity index (χ4v) is 2.51. The number of carbonyl (C=O) groups excluding carboxylic acids is 1. The van der Waals surface area contributed by atoms with Crippen LogP contribution in [0, 0.1) is 17.6 Å². The zero-order chi connectivity index (χ0) is 14.0. The molecule has 5 heteroatoms. The van der Waals surface area contributed by atoms with Gasteiger partial charge in [-0.2, -0.15) is 0 Å². The van der Waals surface area contributed by atoms with Crippen molar-refractivity contribution in [1.82, 2.24) is 10.6 Å². The van der Waals surface area contributed by atoms with Crippen LogP contribution in [0.2, 0.25) is 0 Å². The van der Waals surface area contributed by atoms with Crippen molar-refractivity contribution in [2.24, 2.45) is 5.92 Å². The van der Waals surface area contributed by atoms with Gasteiger partial charge >= 0.3 is 0 Å². The van der Waals surface area contributed by atoms with E-state index in [4.69, 9.17) is 0 Å². The van der Waals surface area contributed by atoms with Crippen LogP contribution in [0.4, 0.5) is 8.78 Å². The fraction of sp³-hybridized carbons (Fsp3) is 0.500. The molecule has 1 fully saturated rings. The number of piperidine rings is 1. The molecule has 0 bridgehead atoms. The Morgan fingerprint density at radius 1 is 1.37 bits per heavy atom. The zero-order valence-corrected chi connectivity index (χ0v) is 11.0. The van der Waals surface area contributed by atoms with Crippen molar-refractivity contribution in [2.75, 3.05) is 6.54 Å². The molecule has 0 aromatic heterocycles. The van der Waals surface area contributed by atoms with Gasteiger partial charge in [0, 0.05) is 12.1 Å². The largest absolute Gasteiger partial charge is 0.347 e. The summed E-state index contributed by atoms with van der Waals surface area (Å²) in [5.74, 6) is -2.36. The van der Waals surface area contributed by atoms with E-state index in [1.165, 1.54) is 12.1 Å². The summed E-state index contributed by atoms with van der Waals surface area (Å²) in [6.45, 7) is 4.93. The first-order valence-corrected chi connectivity index (χ1v) is 6.49. The zero-order valence-electron chi connectivity index (χ0n) is 11.0. The Morgan fingerprint density at radius 3 is 2.79 bits per heavy atom. The molecule has 2 rings (SSSR count). The molecule has 1 amide bonds. The lowest BCUT2D eigenvalue weighted by atomic mass is 9.89. The molecule has 3 nitrogen and oxygen atoms in total. The number of amides is 1. The Bertz CT molecular complexity index is 469. The van der Waals surface area contributed by atoms with Crippen LogP contribution in [0.15, 0.2) is 18.2 Å². The maximum absolute atomic E-state index is 13.5. The first-order chi connectivity index (χ1) is 9.00. The maximum Gasteiger partial charge on any atom is 0.254 e. The molecule has 0 radical (unpaired) electrons. The van der Waals surface area contributed by atoms with Gasteiger partial charge in [-0.1, -0.05) is 13.0 Å². The highest BCUT2D eigenvalue weighted by Gasteiger charge is 2.29. The van der Waals surface area contributed by atoms with Crippen molar-refractivity contribution in [2.45, 2.75) is 32.4 Å². The van der Waals surface area contributed by atoms with E-state index in [0.29, 0.717) is 5.92 Å². The molecule has 1 aromatic carbocycles. The minimum atomic E-state index is -1.09. The number of carbonyl (C=O) groups is 1. The van der Waals surface area contributed by atoms with E-state index in [9.17, 15) is 13.6 Å². The summed E-state index contributed by atoms with van der Waals surface area (Å²) in [6.07, 6.45) is 0.945. The summed E-state index contributed by atoms with van der Waals surface area (Å²) < 4.78 is 26.7. The minimum Gasteiger partial charge on any atom is -0.347 e. The van der Waals surface area contributed by atoms with Gasteiger partial charge in [-0.15, -0.1) is 0 Å². The van der Waals surface area contributed by atoms with Crippen molar-refractivity contribution < 1.29 is 13.6 Å². The van der Waals surface area contributed by atoms with E-state index in [2.05, 4.69) is 10.6 Å². The highest BCUT2D eigenvalue weighted by Crippen LogP contribution is 2.18. The molecule has 19 heavy (non-hydrogen) atoms. The molecular weight excluding hydrogens is 250 g/mol. The lowest BCUT2D eigenvalue weighted by Gasteiger charge is -2.36. The van der Waals surface area contributed by atoms with Crippen LogP contribution in [0.5, 0.6) is 0 Å². The number of hydrogen-bond donors (Lipinski definition) is 2. The SMILES string of the molecule is CC1CCNC(C)C1NC(=O)c1cccc(F)c1F. The molecular formula is C14H18F2N2O. The predicted molar refractivity (Wildman–Crippen MR) is 68.9 cm³/mol. The molecule has 0 spiro atoms. The molecule has 3 unspecified atom stereocenters. The van der Waals surface area contributed by atoms with Crippen molar-refractivity contribution in [3.05, 3.63) is 35.4 Å². The van der Waals surface area contributed by atoms with Gasteiger partial charge in [0.25, 0.3) is 5.91 Å². The van der Waals surface area contributed by atoms with E-state index in [1.54, 1.807) is 0 Å². The molecule has 2 N–H and O–H groups in total. The first kappa shape index (κ1) is 13.9. The van der Waals surface area contributed by atoms with Gasteiger partial charge in [0.1, 0.15) is 0 Å². The van der Waals surface area contributed by atoms with Crippen LogP contribution < -0.4 is 10.6 Å². The molecule has 1 heterocycles. The average molecular weight is 268 g/mol. The van der Waals surface area contributed by atoms with Crippen molar-refractivity contribution >= 4 is 5.91 Å². The summed E-state index contributed by atoms with van der Waals surface area (Å²) in [5, 5.41) is 6.06. The van der Waals surface area contributed by atoms with E-state index in [1.807, 2.05) is 13.8 Å². The molecule has 1 saturated heterocycles. The molecule has 104 valence electrons. The van der Waals surface area contributed by atoms with Gasteiger partial charge in [0.05, 0.1) is 5.56 Å². The van der Waals surface area contributed by atoms with Crippen molar-refractivity contribution in [1.29, 1.82) is 0 Å². The van der Waals surface area contributed by atoms with E-state index in [0.717, 1.165) is 19.0 Å². The van der Waals surface area contributed by atoms with Gasteiger partial charge in [0.2, 0.25) is 0 Å². The smallest absolute Gasteiger partial charge is 0.254 e. The molecule has 3 atom stereocenters. The monoisotopic (exact) mass is 268 g/mol. The Balaban J connectivity index is 2.14. The summed E-state index contributed by atoms with van der Waals surface area (Å²) in [5.41, 5.74) is -0.245. The third-order valence-electron chi connectivity index (χ3n) is 3.71. The third kappa shape index (κ3) is 2.92. The second-order valence-corrected chi connectivity index (χ2v) is 5.11. The van der Waals surface area contributed by atoms with Crippen LogP contribution in [0.25, 0.3) is 0 Å². The molecule has 0 aliphatic carbocycles. The summed E-state index contributed by atoms with van der Waals surface area (Å²) in [7, 11) is 0. The average Bonchev–Trinajstić information content (AvgIpc) is 2.37. The van der Waals surface area contributed by atoms with Crippen LogP contribution in [-0.2, 0) is 0 Å². The molecule has 0 saturated carbocycles. The highest BCUT2D eigenvalue weighted by atomic mass is 19.2. The van der Waals surface area contributed by atoms with Crippen molar-refractivity contribution in [3.63, 3.8) is 0 Å². The maximum atomic E-state index is 13.5. The Kier molecular flexibility index (Phi) is 4.14. The normalized spacial score (nSPS) is 27.1. The number of hydrogen-bond acceptors (Lipinski definition) is 2. The van der Waals surface area contributed by atoms with Crippen LogP contribution in [0.3, 0.4) is 0 Å². The predicted octanol–water partition coefficient (Wildman–Crippen LogP) is 2.08. The van der Waals surface area contributed by atoms with Crippen molar-refractivity contribution in [3.8, 4) is 0 Å². The highest BCUT2D eigenvalue weighted by molar-refractivity contribution is 5.94. The fourth-order valence-electron chi connectivity index (χ4n) is 2.51. The third-order valence-corrected chi connectivity index (χ3v) is 3.71. The summed E-state index contributed by atoms with van der Waals surface area (Å²) >= 11 is 0.